The molecule has 3 heterocycles. The number of rotatable bonds is 4. The number of nitrogens with zero attached hydrogens (tertiary/aromatic N) is 5. The third-order valence-corrected chi connectivity index (χ3v) is 4.77. The van der Waals surface area contributed by atoms with E-state index in [0.29, 0.717) is 0 Å². The highest BCUT2D eigenvalue weighted by Gasteiger charge is 2.15. The maximum Gasteiger partial charge on any atom is 0.128 e. The van der Waals surface area contributed by atoms with Crippen molar-refractivity contribution in [2.75, 3.05) is 38.1 Å². The predicted octanol–water partition coefficient (Wildman–Crippen LogP) is 3.46. The van der Waals surface area contributed by atoms with Crippen molar-refractivity contribution in [3.05, 3.63) is 72.3 Å². The Kier molecular flexibility index (Phi) is 5.21. The van der Waals surface area contributed by atoms with Crippen LogP contribution in [-0.4, -0.2) is 53.1 Å². The number of anilines is 1. The summed E-state index contributed by atoms with van der Waals surface area (Å²) in [5, 5.41) is 0. The van der Waals surface area contributed by atoms with E-state index >= 15 is 0 Å². The second-order valence-electron chi connectivity index (χ2n) is 6.77. The van der Waals surface area contributed by atoms with Gasteiger partial charge in [0.15, 0.2) is 0 Å². The summed E-state index contributed by atoms with van der Waals surface area (Å²) in [4.78, 5) is 18.4. The summed E-state index contributed by atoms with van der Waals surface area (Å²) in [6, 6.07) is 14.3. The first-order chi connectivity index (χ1) is 13.3. The average molecular weight is 357 g/mol. The van der Waals surface area contributed by atoms with Gasteiger partial charge in [-0.05, 0) is 30.8 Å². The molecule has 0 N–H and O–H groups in total. The van der Waals surface area contributed by atoms with Gasteiger partial charge in [-0.15, -0.1) is 0 Å². The fourth-order valence-electron chi connectivity index (χ4n) is 3.11. The molecule has 1 aliphatic heterocycles. The van der Waals surface area contributed by atoms with Gasteiger partial charge in [0.1, 0.15) is 5.82 Å². The molecule has 0 atom stereocenters. The van der Waals surface area contributed by atoms with Crippen molar-refractivity contribution in [2.45, 2.75) is 0 Å². The Hall–Kier alpha value is -3.05. The Bertz CT molecular complexity index is 898. The fourth-order valence-corrected chi connectivity index (χ4v) is 3.11. The first-order valence-electron chi connectivity index (χ1n) is 9.23. The molecular formula is C22H23N5. The van der Waals surface area contributed by atoms with E-state index in [2.05, 4.69) is 51.1 Å². The number of likely N-dealkylation sites (N-methyl/N-ethyl adjacent to an activating group) is 1. The van der Waals surface area contributed by atoms with Crippen molar-refractivity contribution in [3.8, 4) is 11.3 Å². The zero-order chi connectivity index (χ0) is 18.5. The van der Waals surface area contributed by atoms with Gasteiger partial charge in [-0.3, -0.25) is 4.98 Å². The molecule has 0 saturated carbocycles. The third-order valence-electron chi connectivity index (χ3n) is 4.77. The van der Waals surface area contributed by atoms with Gasteiger partial charge in [0.25, 0.3) is 0 Å². The van der Waals surface area contributed by atoms with E-state index in [-0.39, 0.29) is 0 Å². The number of aromatic nitrogens is 3. The molecule has 3 aromatic rings. The topological polar surface area (TPSA) is 45.2 Å². The zero-order valence-electron chi connectivity index (χ0n) is 15.5. The molecule has 0 bridgehead atoms. The molecule has 1 aromatic carbocycles. The molecule has 0 unspecified atom stereocenters. The van der Waals surface area contributed by atoms with Gasteiger partial charge in [0.05, 0.1) is 23.8 Å². The van der Waals surface area contributed by atoms with Gasteiger partial charge in [0, 0.05) is 37.9 Å². The van der Waals surface area contributed by atoms with Crippen LogP contribution in [0.25, 0.3) is 23.4 Å². The molecule has 1 fully saturated rings. The van der Waals surface area contributed by atoms with Crippen LogP contribution in [0.2, 0.25) is 0 Å². The normalized spacial score (nSPS) is 15.4. The maximum atomic E-state index is 4.70. The van der Waals surface area contributed by atoms with Gasteiger partial charge in [-0.1, -0.05) is 36.4 Å². The molecule has 1 aliphatic rings. The van der Waals surface area contributed by atoms with Crippen molar-refractivity contribution in [3.63, 3.8) is 0 Å². The van der Waals surface area contributed by atoms with Crippen LogP contribution in [0, 0.1) is 0 Å². The largest absolute Gasteiger partial charge is 0.354 e. The van der Waals surface area contributed by atoms with E-state index in [1.54, 1.807) is 12.4 Å². The Morgan fingerprint density at radius 3 is 2.41 bits per heavy atom. The minimum atomic E-state index is 0.833. The molecule has 5 nitrogen and oxygen atoms in total. The van der Waals surface area contributed by atoms with Gasteiger partial charge in [-0.2, -0.15) is 0 Å². The van der Waals surface area contributed by atoms with Crippen LogP contribution in [0.1, 0.15) is 11.3 Å². The summed E-state index contributed by atoms with van der Waals surface area (Å²) in [6.07, 6.45) is 9.48. The SMILES string of the molecule is CN1CCN(c2ccc(-c3cncc(/C=C/c4ccccc4)n3)cn2)CC1. The molecule has 0 spiro atoms. The van der Waals surface area contributed by atoms with Gasteiger partial charge in [0.2, 0.25) is 0 Å². The first-order valence-corrected chi connectivity index (χ1v) is 9.23. The van der Waals surface area contributed by atoms with Crippen molar-refractivity contribution in [1.29, 1.82) is 0 Å². The highest BCUT2D eigenvalue weighted by atomic mass is 15.3. The second-order valence-corrected chi connectivity index (χ2v) is 6.77. The smallest absolute Gasteiger partial charge is 0.128 e. The van der Waals surface area contributed by atoms with E-state index in [1.165, 1.54) is 0 Å². The Labute approximate surface area is 160 Å². The summed E-state index contributed by atoms with van der Waals surface area (Å²) < 4.78 is 0. The molecule has 136 valence electrons. The summed E-state index contributed by atoms with van der Waals surface area (Å²) in [5.74, 6) is 1.03. The summed E-state index contributed by atoms with van der Waals surface area (Å²) in [7, 11) is 2.16. The Morgan fingerprint density at radius 2 is 1.67 bits per heavy atom. The molecule has 0 aliphatic carbocycles. The Morgan fingerprint density at radius 1 is 0.852 bits per heavy atom. The maximum absolute atomic E-state index is 4.70. The molecule has 0 amide bonds. The standard InChI is InChI=1S/C22H23N5/c1-26-11-13-27(14-12-26)22-10-8-19(15-24-22)21-17-23-16-20(25-21)9-7-18-5-3-2-4-6-18/h2-10,15-17H,11-14H2,1H3/b9-7+. The molecule has 5 heteroatoms. The minimum Gasteiger partial charge on any atom is -0.354 e. The average Bonchev–Trinajstić information content (AvgIpc) is 2.74. The number of piperazine rings is 1. The number of hydrogen-bond acceptors (Lipinski definition) is 5. The van der Waals surface area contributed by atoms with Crippen LogP contribution >= 0.6 is 0 Å². The highest BCUT2D eigenvalue weighted by Crippen LogP contribution is 2.20. The highest BCUT2D eigenvalue weighted by molar-refractivity contribution is 5.69. The molecular weight excluding hydrogens is 334 g/mol. The van der Waals surface area contributed by atoms with E-state index in [9.17, 15) is 0 Å². The molecule has 1 saturated heterocycles. The predicted molar refractivity (Wildman–Crippen MR) is 110 cm³/mol. The monoisotopic (exact) mass is 357 g/mol. The van der Waals surface area contributed by atoms with E-state index in [0.717, 1.165) is 54.5 Å². The number of hydrogen-bond donors (Lipinski definition) is 0. The first kappa shape index (κ1) is 17.4. The molecule has 4 rings (SSSR count). The summed E-state index contributed by atoms with van der Waals surface area (Å²) >= 11 is 0. The van der Waals surface area contributed by atoms with Crippen LogP contribution < -0.4 is 4.90 Å². The third kappa shape index (κ3) is 4.38. The number of benzene rings is 1. The lowest BCUT2D eigenvalue weighted by molar-refractivity contribution is 0.312. The van der Waals surface area contributed by atoms with Crippen LogP contribution in [0.15, 0.2) is 61.1 Å². The van der Waals surface area contributed by atoms with Gasteiger partial charge < -0.3 is 9.80 Å². The van der Waals surface area contributed by atoms with Crippen molar-refractivity contribution in [1.82, 2.24) is 19.9 Å². The minimum absolute atomic E-state index is 0.833. The van der Waals surface area contributed by atoms with Crippen LogP contribution in [0.5, 0.6) is 0 Å². The molecule has 27 heavy (non-hydrogen) atoms. The lowest BCUT2D eigenvalue weighted by Crippen LogP contribution is -2.44. The van der Waals surface area contributed by atoms with E-state index in [1.807, 2.05) is 36.5 Å². The van der Waals surface area contributed by atoms with Crippen molar-refractivity contribution < 1.29 is 0 Å². The van der Waals surface area contributed by atoms with E-state index < -0.39 is 0 Å². The van der Waals surface area contributed by atoms with Crippen LogP contribution in [-0.2, 0) is 0 Å². The lowest BCUT2D eigenvalue weighted by Gasteiger charge is -2.33. The molecule has 2 aromatic heterocycles. The Balaban J connectivity index is 1.49. The molecule has 0 radical (unpaired) electrons. The van der Waals surface area contributed by atoms with Crippen molar-refractivity contribution >= 4 is 18.0 Å². The summed E-state index contributed by atoms with van der Waals surface area (Å²) in [5.41, 5.74) is 3.79. The lowest BCUT2D eigenvalue weighted by atomic mass is 10.2. The summed E-state index contributed by atoms with van der Waals surface area (Å²) in [6.45, 7) is 4.18. The number of pyridine rings is 1. The van der Waals surface area contributed by atoms with Crippen LogP contribution in [0.3, 0.4) is 0 Å². The van der Waals surface area contributed by atoms with Gasteiger partial charge >= 0.3 is 0 Å². The van der Waals surface area contributed by atoms with E-state index in [4.69, 9.17) is 4.98 Å². The quantitative estimate of drug-likeness (QED) is 0.715. The second kappa shape index (κ2) is 8.10. The van der Waals surface area contributed by atoms with Gasteiger partial charge in [-0.25, -0.2) is 9.97 Å². The fraction of sp³-hybridized carbons (Fsp3) is 0.227. The van der Waals surface area contributed by atoms with Crippen LogP contribution in [0.4, 0.5) is 5.82 Å². The zero-order valence-corrected chi connectivity index (χ0v) is 15.5. The van der Waals surface area contributed by atoms with Crippen molar-refractivity contribution in [2.24, 2.45) is 0 Å².